The number of aryl methyl sites for hydroxylation is 2. The first-order valence-electron chi connectivity index (χ1n) is 6.72. The molecular formula is C14H22N2O3S. The van der Waals surface area contributed by atoms with Crippen LogP contribution in [0.4, 0.5) is 0 Å². The van der Waals surface area contributed by atoms with Gasteiger partial charge in [0.05, 0.1) is 12.0 Å². The second-order valence-electron chi connectivity index (χ2n) is 5.26. The van der Waals surface area contributed by atoms with Crippen LogP contribution >= 0.6 is 0 Å². The van der Waals surface area contributed by atoms with E-state index in [2.05, 4.69) is 5.32 Å². The Labute approximate surface area is 121 Å². The Morgan fingerprint density at radius 1 is 1.30 bits per heavy atom. The first kappa shape index (κ1) is 15.3. The van der Waals surface area contributed by atoms with Crippen molar-refractivity contribution in [2.75, 3.05) is 27.2 Å². The molecule has 0 bridgehead atoms. The fraction of sp³-hybridized carbons (Fsp3) is 0.571. The maximum Gasteiger partial charge on any atom is 0.243 e. The lowest BCUT2D eigenvalue weighted by molar-refractivity contribution is 0.387. The van der Waals surface area contributed by atoms with Crippen molar-refractivity contribution in [3.8, 4) is 5.75 Å². The Hall–Kier alpha value is -1.11. The van der Waals surface area contributed by atoms with Gasteiger partial charge in [-0.3, -0.25) is 0 Å². The molecule has 0 saturated carbocycles. The summed E-state index contributed by atoms with van der Waals surface area (Å²) in [6.45, 7) is 5.24. The quantitative estimate of drug-likeness (QED) is 0.910. The molecule has 1 saturated heterocycles. The molecule has 1 aromatic carbocycles. The van der Waals surface area contributed by atoms with Gasteiger partial charge >= 0.3 is 0 Å². The number of hydrogen-bond donors (Lipinski definition) is 1. The maximum absolute atomic E-state index is 12.7. The molecule has 5 nitrogen and oxygen atoms in total. The summed E-state index contributed by atoms with van der Waals surface area (Å²) >= 11 is 0. The average Bonchev–Trinajstić information content (AvgIpc) is 2.93. The third kappa shape index (κ3) is 2.68. The number of benzene rings is 1. The fourth-order valence-electron chi connectivity index (χ4n) is 2.56. The molecule has 1 atom stereocenters. The van der Waals surface area contributed by atoms with Gasteiger partial charge in [-0.1, -0.05) is 0 Å². The van der Waals surface area contributed by atoms with E-state index >= 15 is 0 Å². The van der Waals surface area contributed by atoms with Gasteiger partial charge in [0.1, 0.15) is 5.75 Å². The minimum absolute atomic E-state index is 0.0295. The van der Waals surface area contributed by atoms with Gasteiger partial charge in [0.2, 0.25) is 10.0 Å². The number of ether oxygens (including phenoxy) is 1. The minimum Gasteiger partial charge on any atom is -0.496 e. The van der Waals surface area contributed by atoms with E-state index < -0.39 is 10.0 Å². The number of rotatable bonds is 4. The molecule has 6 heteroatoms. The van der Waals surface area contributed by atoms with E-state index in [1.165, 1.54) is 4.31 Å². The zero-order valence-electron chi connectivity index (χ0n) is 12.4. The zero-order chi connectivity index (χ0) is 14.9. The summed E-state index contributed by atoms with van der Waals surface area (Å²) in [5, 5.41) is 3.19. The van der Waals surface area contributed by atoms with Crippen molar-refractivity contribution in [3.63, 3.8) is 0 Å². The van der Waals surface area contributed by atoms with Crippen molar-refractivity contribution in [3.05, 3.63) is 23.3 Å². The Balaban J connectivity index is 2.41. The first-order chi connectivity index (χ1) is 9.37. The molecule has 0 aliphatic carbocycles. The van der Waals surface area contributed by atoms with Gasteiger partial charge in [0.15, 0.2) is 0 Å². The second kappa shape index (κ2) is 5.71. The van der Waals surface area contributed by atoms with Crippen LogP contribution in [0.5, 0.6) is 5.75 Å². The van der Waals surface area contributed by atoms with E-state index in [-0.39, 0.29) is 6.04 Å². The predicted octanol–water partition coefficient (Wildman–Crippen LogP) is 1.29. The van der Waals surface area contributed by atoms with E-state index in [0.29, 0.717) is 22.8 Å². The summed E-state index contributed by atoms with van der Waals surface area (Å²) in [7, 11) is -0.214. The van der Waals surface area contributed by atoms with E-state index in [0.717, 1.165) is 18.5 Å². The molecule has 1 heterocycles. The maximum atomic E-state index is 12.7. The Morgan fingerprint density at radius 3 is 2.55 bits per heavy atom. The smallest absolute Gasteiger partial charge is 0.243 e. The van der Waals surface area contributed by atoms with Gasteiger partial charge in [-0.2, -0.15) is 4.31 Å². The van der Waals surface area contributed by atoms with Crippen LogP contribution in [0.15, 0.2) is 17.0 Å². The SMILES string of the molecule is COc1cc(C)c(S(=O)(=O)N(C)C2CCNC2)cc1C. The highest BCUT2D eigenvalue weighted by molar-refractivity contribution is 7.89. The van der Waals surface area contributed by atoms with Crippen LogP contribution in [0.1, 0.15) is 17.5 Å². The van der Waals surface area contributed by atoms with Crippen LogP contribution < -0.4 is 10.1 Å². The van der Waals surface area contributed by atoms with Gasteiger partial charge in [0.25, 0.3) is 0 Å². The lowest BCUT2D eigenvalue weighted by Gasteiger charge is -2.24. The molecule has 112 valence electrons. The Kier molecular flexibility index (Phi) is 4.36. The van der Waals surface area contributed by atoms with Crippen molar-refractivity contribution in [1.29, 1.82) is 0 Å². The second-order valence-corrected chi connectivity index (χ2v) is 7.22. The fourth-order valence-corrected chi connectivity index (χ4v) is 4.24. The third-order valence-electron chi connectivity index (χ3n) is 3.90. The Bertz CT molecular complexity index is 593. The number of sulfonamides is 1. The van der Waals surface area contributed by atoms with Crippen molar-refractivity contribution in [1.82, 2.24) is 9.62 Å². The van der Waals surface area contributed by atoms with Crippen LogP contribution in [0, 0.1) is 13.8 Å². The molecule has 1 aliphatic heterocycles. The summed E-state index contributed by atoms with van der Waals surface area (Å²) in [4.78, 5) is 0.366. The van der Waals surface area contributed by atoms with Gasteiger partial charge in [-0.05, 0) is 50.1 Å². The molecule has 1 unspecified atom stereocenters. The molecule has 1 aliphatic rings. The van der Waals surface area contributed by atoms with Crippen LogP contribution in [0.25, 0.3) is 0 Å². The molecule has 1 fully saturated rings. The molecule has 1 aromatic rings. The monoisotopic (exact) mass is 298 g/mol. The predicted molar refractivity (Wildman–Crippen MR) is 78.7 cm³/mol. The molecule has 20 heavy (non-hydrogen) atoms. The number of nitrogens with zero attached hydrogens (tertiary/aromatic N) is 1. The number of hydrogen-bond acceptors (Lipinski definition) is 4. The Morgan fingerprint density at radius 2 is 2.00 bits per heavy atom. The van der Waals surface area contributed by atoms with E-state index in [1.54, 1.807) is 33.2 Å². The van der Waals surface area contributed by atoms with Gasteiger partial charge in [0, 0.05) is 19.6 Å². The molecule has 2 rings (SSSR count). The zero-order valence-corrected chi connectivity index (χ0v) is 13.3. The highest BCUT2D eigenvalue weighted by Gasteiger charge is 2.31. The first-order valence-corrected chi connectivity index (χ1v) is 8.16. The minimum atomic E-state index is -3.46. The summed E-state index contributed by atoms with van der Waals surface area (Å²) in [5.41, 5.74) is 1.54. The normalized spacial score (nSPS) is 19.6. The lowest BCUT2D eigenvalue weighted by Crippen LogP contribution is -2.38. The lowest BCUT2D eigenvalue weighted by atomic mass is 10.1. The van der Waals surface area contributed by atoms with E-state index in [1.807, 2.05) is 6.92 Å². The molecule has 0 radical (unpaired) electrons. The number of nitrogens with one attached hydrogen (secondary N) is 1. The molecule has 0 spiro atoms. The van der Waals surface area contributed by atoms with Gasteiger partial charge in [-0.25, -0.2) is 8.42 Å². The van der Waals surface area contributed by atoms with Crippen molar-refractivity contribution >= 4 is 10.0 Å². The van der Waals surface area contributed by atoms with Gasteiger partial charge in [-0.15, -0.1) is 0 Å². The number of likely N-dealkylation sites (N-methyl/N-ethyl adjacent to an activating group) is 1. The summed E-state index contributed by atoms with van der Waals surface area (Å²) in [6, 6.07) is 3.51. The van der Waals surface area contributed by atoms with Crippen molar-refractivity contribution in [2.45, 2.75) is 31.2 Å². The summed E-state index contributed by atoms with van der Waals surface area (Å²) < 4.78 is 32.2. The highest BCUT2D eigenvalue weighted by atomic mass is 32.2. The van der Waals surface area contributed by atoms with E-state index in [9.17, 15) is 8.42 Å². The average molecular weight is 298 g/mol. The van der Waals surface area contributed by atoms with Crippen molar-refractivity contribution < 1.29 is 13.2 Å². The van der Waals surface area contributed by atoms with Crippen LogP contribution in [0.3, 0.4) is 0 Å². The summed E-state index contributed by atoms with van der Waals surface area (Å²) in [5.74, 6) is 0.714. The standard InChI is InChI=1S/C14H22N2O3S/c1-10-8-14(11(2)7-13(10)19-4)20(17,18)16(3)12-5-6-15-9-12/h7-8,12,15H,5-6,9H2,1-4H3. The van der Waals surface area contributed by atoms with Crippen LogP contribution in [0.2, 0.25) is 0 Å². The molecule has 0 aromatic heterocycles. The molecular weight excluding hydrogens is 276 g/mol. The topological polar surface area (TPSA) is 58.6 Å². The summed E-state index contributed by atoms with van der Waals surface area (Å²) in [6.07, 6.45) is 0.851. The largest absolute Gasteiger partial charge is 0.496 e. The molecule has 0 amide bonds. The van der Waals surface area contributed by atoms with Crippen LogP contribution in [-0.4, -0.2) is 46.0 Å². The highest BCUT2D eigenvalue weighted by Crippen LogP contribution is 2.28. The van der Waals surface area contributed by atoms with Gasteiger partial charge < -0.3 is 10.1 Å². The van der Waals surface area contributed by atoms with E-state index in [4.69, 9.17) is 4.74 Å². The van der Waals surface area contributed by atoms with Crippen LogP contribution in [-0.2, 0) is 10.0 Å². The number of methoxy groups -OCH3 is 1. The van der Waals surface area contributed by atoms with Crippen molar-refractivity contribution in [2.24, 2.45) is 0 Å². The molecule has 1 N–H and O–H groups in total. The third-order valence-corrected chi connectivity index (χ3v) is 5.95.